The summed E-state index contributed by atoms with van der Waals surface area (Å²) >= 11 is 6.54. The van der Waals surface area contributed by atoms with Crippen LogP contribution in [0.5, 0.6) is 0 Å². The van der Waals surface area contributed by atoms with E-state index in [2.05, 4.69) is 27.1 Å². The molecule has 2 aromatic heterocycles. The van der Waals surface area contributed by atoms with Crippen LogP contribution in [0, 0.1) is 0 Å². The standard InChI is InChI=1S/C11H11N3S2/c12-11(15)9-1-2-10(14-6-9)13-5-8-3-4-16-7-8/h1-4,6-7H,5H2,(H2,12,15)(H,13,14). The molecule has 0 aliphatic carbocycles. The Hall–Kier alpha value is -1.46. The number of hydrogen-bond donors (Lipinski definition) is 2. The maximum Gasteiger partial charge on any atom is 0.126 e. The minimum atomic E-state index is 0.372. The summed E-state index contributed by atoms with van der Waals surface area (Å²) in [4.78, 5) is 4.60. The van der Waals surface area contributed by atoms with E-state index in [4.69, 9.17) is 18.0 Å². The topological polar surface area (TPSA) is 50.9 Å². The number of nitrogens with one attached hydrogen (secondary N) is 1. The number of thiophene rings is 1. The highest BCUT2D eigenvalue weighted by Gasteiger charge is 1.98. The average Bonchev–Trinajstić information content (AvgIpc) is 2.80. The van der Waals surface area contributed by atoms with Gasteiger partial charge in [-0.1, -0.05) is 12.2 Å². The van der Waals surface area contributed by atoms with Crippen LogP contribution in [0.1, 0.15) is 11.1 Å². The highest BCUT2D eigenvalue weighted by atomic mass is 32.1. The third-order valence-electron chi connectivity index (χ3n) is 2.10. The predicted molar refractivity (Wildman–Crippen MR) is 71.8 cm³/mol. The van der Waals surface area contributed by atoms with Gasteiger partial charge in [0.2, 0.25) is 0 Å². The zero-order valence-corrected chi connectivity index (χ0v) is 10.1. The number of aromatic nitrogens is 1. The van der Waals surface area contributed by atoms with Gasteiger partial charge in [0.05, 0.1) is 0 Å². The summed E-state index contributed by atoms with van der Waals surface area (Å²) in [6.45, 7) is 0.781. The number of nitrogens with two attached hydrogens (primary N) is 1. The van der Waals surface area contributed by atoms with E-state index < -0.39 is 0 Å². The molecule has 0 aliphatic heterocycles. The summed E-state index contributed by atoms with van der Waals surface area (Å²) < 4.78 is 0. The van der Waals surface area contributed by atoms with Crippen molar-refractivity contribution in [2.45, 2.75) is 6.54 Å². The number of rotatable bonds is 4. The zero-order chi connectivity index (χ0) is 11.4. The number of hydrogen-bond acceptors (Lipinski definition) is 4. The molecule has 16 heavy (non-hydrogen) atoms. The van der Waals surface area contributed by atoms with Gasteiger partial charge in [-0.05, 0) is 34.5 Å². The molecule has 0 aliphatic rings. The molecule has 3 N–H and O–H groups in total. The minimum absolute atomic E-state index is 0.372. The Kier molecular flexibility index (Phi) is 3.48. The number of anilines is 1. The Morgan fingerprint density at radius 1 is 1.44 bits per heavy atom. The summed E-state index contributed by atoms with van der Waals surface area (Å²) in [7, 11) is 0. The molecule has 0 bridgehead atoms. The van der Waals surface area contributed by atoms with Gasteiger partial charge in [-0.15, -0.1) is 0 Å². The Bertz CT molecular complexity index is 462. The Morgan fingerprint density at radius 2 is 2.31 bits per heavy atom. The van der Waals surface area contributed by atoms with Crippen LogP contribution in [-0.4, -0.2) is 9.97 Å². The maximum atomic E-state index is 5.49. The van der Waals surface area contributed by atoms with Crippen molar-refractivity contribution < 1.29 is 0 Å². The molecule has 0 atom stereocenters. The number of pyridine rings is 1. The quantitative estimate of drug-likeness (QED) is 0.817. The SMILES string of the molecule is NC(=S)c1ccc(NCc2ccsc2)nc1. The zero-order valence-electron chi connectivity index (χ0n) is 8.51. The summed E-state index contributed by atoms with van der Waals surface area (Å²) in [5.74, 6) is 0.825. The second-order valence-corrected chi connectivity index (χ2v) is 4.50. The molecule has 0 saturated heterocycles. The van der Waals surface area contributed by atoms with Gasteiger partial charge in [-0.3, -0.25) is 0 Å². The van der Waals surface area contributed by atoms with Gasteiger partial charge < -0.3 is 11.1 Å². The van der Waals surface area contributed by atoms with Crippen LogP contribution in [0.3, 0.4) is 0 Å². The maximum absolute atomic E-state index is 5.49. The predicted octanol–water partition coefficient (Wildman–Crippen LogP) is 2.39. The van der Waals surface area contributed by atoms with E-state index in [0.717, 1.165) is 17.9 Å². The van der Waals surface area contributed by atoms with Crippen molar-refractivity contribution >= 4 is 34.4 Å². The van der Waals surface area contributed by atoms with E-state index in [1.54, 1.807) is 17.5 Å². The second-order valence-electron chi connectivity index (χ2n) is 3.28. The monoisotopic (exact) mass is 249 g/mol. The smallest absolute Gasteiger partial charge is 0.126 e. The van der Waals surface area contributed by atoms with E-state index in [9.17, 15) is 0 Å². The van der Waals surface area contributed by atoms with Gasteiger partial charge in [0.25, 0.3) is 0 Å². The lowest BCUT2D eigenvalue weighted by Crippen LogP contribution is -2.10. The molecule has 0 fully saturated rings. The molecule has 82 valence electrons. The van der Waals surface area contributed by atoms with E-state index in [1.807, 2.05) is 12.1 Å². The molecule has 2 rings (SSSR count). The fourth-order valence-corrected chi connectivity index (χ4v) is 2.02. The van der Waals surface area contributed by atoms with Crippen molar-refractivity contribution in [1.82, 2.24) is 4.98 Å². The number of thiocarbonyl (C=S) groups is 1. The van der Waals surface area contributed by atoms with Crippen molar-refractivity contribution in [3.63, 3.8) is 0 Å². The lowest BCUT2D eigenvalue weighted by molar-refractivity contribution is 1.12. The normalized spacial score (nSPS) is 10.0. The molecule has 0 unspecified atom stereocenters. The molecule has 0 spiro atoms. The van der Waals surface area contributed by atoms with Gasteiger partial charge in [0.1, 0.15) is 10.8 Å². The fraction of sp³-hybridized carbons (Fsp3) is 0.0909. The van der Waals surface area contributed by atoms with Crippen molar-refractivity contribution in [2.24, 2.45) is 5.73 Å². The van der Waals surface area contributed by atoms with Crippen molar-refractivity contribution in [3.8, 4) is 0 Å². The molecule has 2 heterocycles. The molecule has 3 nitrogen and oxygen atoms in total. The van der Waals surface area contributed by atoms with Crippen LogP contribution in [-0.2, 0) is 6.54 Å². The number of nitrogens with zero attached hydrogens (tertiary/aromatic N) is 1. The summed E-state index contributed by atoms with van der Waals surface area (Å²) in [6, 6.07) is 5.83. The van der Waals surface area contributed by atoms with Gasteiger partial charge in [-0.2, -0.15) is 11.3 Å². The van der Waals surface area contributed by atoms with E-state index in [0.29, 0.717) is 4.99 Å². The fourth-order valence-electron chi connectivity index (χ4n) is 1.23. The molecular weight excluding hydrogens is 238 g/mol. The Balaban J connectivity index is 1.98. The highest BCUT2D eigenvalue weighted by Crippen LogP contribution is 2.10. The van der Waals surface area contributed by atoms with E-state index in [1.165, 1.54) is 5.56 Å². The van der Waals surface area contributed by atoms with Crippen molar-refractivity contribution in [2.75, 3.05) is 5.32 Å². The van der Waals surface area contributed by atoms with Gasteiger partial charge in [0.15, 0.2) is 0 Å². The lowest BCUT2D eigenvalue weighted by Gasteiger charge is -2.04. The van der Waals surface area contributed by atoms with E-state index >= 15 is 0 Å². The van der Waals surface area contributed by atoms with Crippen LogP contribution in [0.2, 0.25) is 0 Å². The second kappa shape index (κ2) is 5.05. The lowest BCUT2D eigenvalue weighted by atomic mass is 10.3. The van der Waals surface area contributed by atoms with Crippen LogP contribution in [0.25, 0.3) is 0 Å². The highest BCUT2D eigenvalue weighted by molar-refractivity contribution is 7.80. The van der Waals surface area contributed by atoms with Gasteiger partial charge in [0, 0.05) is 18.3 Å². The molecule has 0 radical (unpaired) electrons. The van der Waals surface area contributed by atoms with Crippen LogP contribution < -0.4 is 11.1 Å². The largest absolute Gasteiger partial charge is 0.389 e. The Labute approximate surface area is 103 Å². The van der Waals surface area contributed by atoms with Crippen LogP contribution in [0.15, 0.2) is 35.2 Å². The first-order valence-corrected chi connectivity index (χ1v) is 6.11. The molecule has 2 aromatic rings. The first-order valence-electron chi connectivity index (χ1n) is 4.76. The molecule has 0 aromatic carbocycles. The van der Waals surface area contributed by atoms with Gasteiger partial charge in [-0.25, -0.2) is 4.98 Å². The third-order valence-corrected chi connectivity index (χ3v) is 3.07. The van der Waals surface area contributed by atoms with Crippen molar-refractivity contribution in [3.05, 3.63) is 46.3 Å². The minimum Gasteiger partial charge on any atom is -0.389 e. The third kappa shape index (κ3) is 2.77. The Morgan fingerprint density at radius 3 is 2.88 bits per heavy atom. The summed E-state index contributed by atoms with van der Waals surface area (Å²) in [5.41, 5.74) is 7.53. The average molecular weight is 249 g/mol. The van der Waals surface area contributed by atoms with Crippen LogP contribution in [0.4, 0.5) is 5.82 Å². The van der Waals surface area contributed by atoms with Crippen LogP contribution >= 0.6 is 23.6 Å². The molecule has 0 saturated carbocycles. The summed E-state index contributed by atoms with van der Waals surface area (Å²) in [6.07, 6.45) is 1.68. The molecular formula is C11H11N3S2. The first kappa shape index (κ1) is 11.0. The molecule has 0 amide bonds. The van der Waals surface area contributed by atoms with Crippen molar-refractivity contribution in [1.29, 1.82) is 0 Å². The van der Waals surface area contributed by atoms with E-state index in [-0.39, 0.29) is 0 Å². The molecule has 5 heteroatoms. The summed E-state index contributed by atoms with van der Waals surface area (Å²) in [5, 5.41) is 7.39. The van der Waals surface area contributed by atoms with Gasteiger partial charge >= 0.3 is 0 Å². The first-order chi connectivity index (χ1) is 7.75.